The molecule has 0 fully saturated rings. The predicted octanol–water partition coefficient (Wildman–Crippen LogP) is 6.00. The second kappa shape index (κ2) is 7.14. The second-order valence-electron chi connectivity index (χ2n) is 6.17. The van der Waals surface area contributed by atoms with Crippen molar-refractivity contribution in [3.8, 4) is 11.6 Å². The Morgan fingerprint density at radius 1 is 1.00 bits per heavy atom. The molecule has 0 N–H and O–H groups in total. The minimum Gasteiger partial charge on any atom is -0.419 e. The zero-order valence-corrected chi connectivity index (χ0v) is 15.8. The van der Waals surface area contributed by atoms with Gasteiger partial charge in [-0.05, 0) is 36.2 Å². The molecule has 4 nitrogen and oxygen atoms in total. The van der Waals surface area contributed by atoms with Crippen LogP contribution in [0.2, 0.25) is 10.0 Å². The molecule has 0 bridgehead atoms. The topological polar surface area (TPSA) is 43.9 Å². The highest BCUT2D eigenvalue weighted by atomic mass is 35.5. The molecule has 2 aromatic heterocycles. The number of hydrogen-bond donors (Lipinski definition) is 0. The largest absolute Gasteiger partial charge is 0.419 e. The van der Waals surface area contributed by atoms with Gasteiger partial charge in [-0.1, -0.05) is 54.4 Å². The molecule has 0 radical (unpaired) electrons. The van der Waals surface area contributed by atoms with E-state index >= 15 is 0 Å². The lowest BCUT2D eigenvalue weighted by Gasteiger charge is -2.10. The van der Waals surface area contributed by atoms with Crippen molar-refractivity contribution >= 4 is 34.1 Å². The van der Waals surface area contributed by atoms with Gasteiger partial charge in [0.2, 0.25) is 5.89 Å². The molecule has 4 rings (SSSR count). The summed E-state index contributed by atoms with van der Waals surface area (Å²) in [7, 11) is 0. The van der Waals surface area contributed by atoms with Crippen molar-refractivity contribution < 1.29 is 4.42 Å². The molecule has 0 amide bonds. The Kier molecular flexibility index (Phi) is 4.70. The maximum Gasteiger partial charge on any atom is 0.264 e. The maximum atomic E-state index is 6.19. The maximum absolute atomic E-state index is 6.19. The Morgan fingerprint density at radius 2 is 1.85 bits per heavy atom. The van der Waals surface area contributed by atoms with E-state index in [0.29, 0.717) is 28.4 Å². The fourth-order valence-electron chi connectivity index (χ4n) is 3.05. The van der Waals surface area contributed by atoms with E-state index in [9.17, 15) is 0 Å². The van der Waals surface area contributed by atoms with Crippen LogP contribution in [0.1, 0.15) is 24.8 Å². The van der Waals surface area contributed by atoms with Gasteiger partial charge in [0.25, 0.3) is 5.89 Å². The quantitative estimate of drug-likeness (QED) is 0.423. The van der Waals surface area contributed by atoms with Crippen LogP contribution < -0.4 is 0 Å². The van der Waals surface area contributed by atoms with Crippen LogP contribution >= 0.6 is 23.2 Å². The summed E-state index contributed by atoms with van der Waals surface area (Å²) < 4.78 is 8.04. The summed E-state index contributed by atoms with van der Waals surface area (Å²) in [5.74, 6) is 1.19. The highest BCUT2D eigenvalue weighted by molar-refractivity contribution is 6.42. The molecule has 0 saturated carbocycles. The number of aryl methyl sites for hydroxylation is 1. The molecule has 0 aliphatic rings. The number of para-hydroxylation sites is 1. The van der Waals surface area contributed by atoms with Crippen molar-refractivity contribution in [3.05, 3.63) is 70.0 Å². The van der Waals surface area contributed by atoms with E-state index in [-0.39, 0.29) is 0 Å². The Balaban J connectivity index is 1.81. The van der Waals surface area contributed by atoms with E-state index in [4.69, 9.17) is 27.6 Å². The molecule has 2 heterocycles. The lowest BCUT2D eigenvalue weighted by molar-refractivity contribution is 0.498. The van der Waals surface area contributed by atoms with E-state index in [2.05, 4.69) is 39.9 Å². The third-order valence-electron chi connectivity index (χ3n) is 4.29. The average Bonchev–Trinajstić information content (AvgIpc) is 3.24. The monoisotopic (exact) mass is 385 g/mol. The minimum atomic E-state index is 0.532. The summed E-state index contributed by atoms with van der Waals surface area (Å²) in [6.45, 7) is 2.72. The van der Waals surface area contributed by atoms with E-state index in [0.717, 1.165) is 35.0 Å². The van der Waals surface area contributed by atoms with Gasteiger partial charge >= 0.3 is 0 Å². The summed E-state index contributed by atoms with van der Waals surface area (Å²) in [6, 6.07) is 16.0. The molecule has 0 unspecified atom stereocenters. The van der Waals surface area contributed by atoms with E-state index in [1.54, 1.807) is 0 Å². The van der Waals surface area contributed by atoms with Gasteiger partial charge in [-0.2, -0.15) is 0 Å². The number of halogens is 2. The van der Waals surface area contributed by atoms with Gasteiger partial charge in [-0.3, -0.25) is 0 Å². The molecule has 2 aromatic carbocycles. The SMILES string of the molecule is CCCc1nnc(-c2cc3ccccc3n2Cc2ccc(Cl)c(Cl)c2)o1. The average molecular weight is 386 g/mol. The van der Waals surface area contributed by atoms with Gasteiger partial charge in [-0.25, -0.2) is 0 Å². The molecule has 132 valence electrons. The van der Waals surface area contributed by atoms with Crippen LogP contribution in [0.3, 0.4) is 0 Å². The first-order valence-electron chi connectivity index (χ1n) is 8.50. The van der Waals surface area contributed by atoms with Crippen LogP contribution in [0.5, 0.6) is 0 Å². The van der Waals surface area contributed by atoms with Crippen molar-refractivity contribution in [2.75, 3.05) is 0 Å². The Hall–Kier alpha value is -2.30. The lowest BCUT2D eigenvalue weighted by Crippen LogP contribution is -2.02. The van der Waals surface area contributed by atoms with Crippen molar-refractivity contribution in [2.24, 2.45) is 0 Å². The summed E-state index contributed by atoms with van der Waals surface area (Å²) in [5.41, 5.74) is 3.05. The van der Waals surface area contributed by atoms with Crippen LogP contribution in [0, 0.1) is 0 Å². The van der Waals surface area contributed by atoms with Crippen LogP contribution in [-0.4, -0.2) is 14.8 Å². The van der Waals surface area contributed by atoms with Gasteiger partial charge in [0.1, 0.15) is 5.69 Å². The summed E-state index contributed by atoms with van der Waals surface area (Å²) in [6.07, 6.45) is 1.74. The van der Waals surface area contributed by atoms with E-state index in [1.807, 2.05) is 30.3 Å². The second-order valence-corrected chi connectivity index (χ2v) is 6.99. The molecule has 0 aliphatic carbocycles. The van der Waals surface area contributed by atoms with Crippen molar-refractivity contribution in [3.63, 3.8) is 0 Å². The van der Waals surface area contributed by atoms with Crippen molar-refractivity contribution in [1.29, 1.82) is 0 Å². The number of benzene rings is 2. The Morgan fingerprint density at radius 3 is 2.65 bits per heavy atom. The highest BCUT2D eigenvalue weighted by Gasteiger charge is 2.16. The van der Waals surface area contributed by atoms with E-state index in [1.165, 1.54) is 0 Å². The third-order valence-corrected chi connectivity index (χ3v) is 5.02. The molecular formula is C20H17Cl2N3O. The first kappa shape index (κ1) is 17.1. The molecule has 0 saturated heterocycles. The Labute approximate surface area is 161 Å². The Bertz CT molecular complexity index is 1070. The number of hydrogen-bond acceptors (Lipinski definition) is 3. The van der Waals surface area contributed by atoms with Crippen LogP contribution in [0.25, 0.3) is 22.5 Å². The molecular weight excluding hydrogens is 369 g/mol. The van der Waals surface area contributed by atoms with Crippen molar-refractivity contribution in [1.82, 2.24) is 14.8 Å². The number of aromatic nitrogens is 3. The fourth-order valence-corrected chi connectivity index (χ4v) is 3.37. The summed E-state index contributed by atoms with van der Waals surface area (Å²) >= 11 is 12.2. The first-order chi connectivity index (χ1) is 12.7. The van der Waals surface area contributed by atoms with Crippen molar-refractivity contribution in [2.45, 2.75) is 26.3 Å². The number of rotatable bonds is 5. The molecule has 0 atom stereocenters. The fraction of sp³-hybridized carbons (Fsp3) is 0.200. The smallest absolute Gasteiger partial charge is 0.264 e. The molecule has 26 heavy (non-hydrogen) atoms. The zero-order valence-electron chi connectivity index (χ0n) is 14.2. The number of fused-ring (bicyclic) bond motifs is 1. The van der Waals surface area contributed by atoms with Gasteiger partial charge in [-0.15, -0.1) is 10.2 Å². The van der Waals surface area contributed by atoms with Crippen LogP contribution in [0.4, 0.5) is 0 Å². The van der Waals surface area contributed by atoms with Gasteiger partial charge in [0.15, 0.2) is 0 Å². The first-order valence-corrected chi connectivity index (χ1v) is 9.26. The van der Waals surface area contributed by atoms with Gasteiger partial charge < -0.3 is 8.98 Å². The highest BCUT2D eigenvalue weighted by Crippen LogP contribution is 2.30. The van der Waals surface area contributed by atoms with Gasteiger partial charge in [0, 0.05) is 23.9 Å². The zero-order chi connectivity index (χ0) is 18.1. The van der Waals surface area contributed by atoms with Gasteiger partial charge in [0.05, 0.1) is 10.0 Å². The number of nitrogens with zero attached hydrogens (tertiary/aromatic N) is 3. The standard InChI is InChI=1S/C20H17Cl2N3O/c1-2-5-19-23-24-20(26-19)18-11-14-6-3-4-7-17(14)25(18)12-13-8-9-15(21)16(22)10-13/h3-4,6-11H,2,5,12H2,1H3. The molecule has 6 heteroatoms. The normalized spacial score (nSPS) is 11.3. The third kappa shape index (κ3) is 3.22. The van der Waals surface area contributed by atoms with E-state index < -0.39 is 0 Å². The minimum absolute atomic E-state index is 0.532. The molecule has 4 aromatic rings. The molecule has 0 aliphatic heterocycles. The molecule has 0 spiro atoms. The summed E-state index contributed by atoms with van der Waals surface area (Å²) in [5, 5.41) is 10.6. The lowest BCUT2D eigenvalue weighted by atomic mass is 10.2. The predicted molar refractivity (Wildman–Crippen MR) is 105 cm³/mol. The summed E-state index contributed by atoms with van der Waals surface area (Å²) in [4.78, 5) is 0. The van der Waals surface area contributed by atoms with Crippen LogP contribution in [0.15, 0.2) is 52.9 Å². The van der Waals surface area contributed by atoms with Crippen LogP contribution in [-0.2, 0) is 13.0 Å².